The second-order valence-corrected chi connectivity index (χ2v) is 8.37. The van der Waals surface area contributed by atoms with E-state index in [-0.39, 0.29) is 5.41 Å². The zero-order valence-electron chi connectivity index (χ0n) is 10.4. The molecule has 5 heteroatoms. The lowest BCUT2D eigenvalue weighted by Crippen LogP contribution is -2.45. The molecule has 0 aromatic carbocycles. The number of rotatable bonds is 3. The normalized spacial score (nSPS) is 24.2. The van der Waals surface area contributed by atoms with Gasteiger partial charge in [0.15, 0.2) is 9.84 Å². The topological polar surface area (TPSA) is 37.4 Å². The number of thiol groups is 1. The summed E-state index contributed by atoms with van der Waals surface area (Å²) in [6.45, 7) is 8.98. The van der Waals surface area contributed by atoms with Crippen molar-refractivity contribution in [1.82, 2.24) is 4.90 Å². The molecular weight excluding hydrogens is 242 g/mol. The van der Waals surface area contributed by atoms with Gasteiger partial charge in [0.1, 0.15) is 0 Å². The Bertz CT molecular complexity index is 305. The van der Waals surface area contributed by atoms with Crippen LogP contribution in [0.4, 0.5) is 0 Å². The number of hydrogen-bond acceptors (Lipinski definition) is 4. The lowest BCUT2D eigenvalue weighted by atomic mass is 9.81. The van der Waals surface area contributed by atoms with E-state index in [0.717, 1.165) is 12.3 Å². The molecule has 0 bridgehead atoms. The van der Waals surface area contributed by atoms with Crippen LogP contribution in [0.2, 0.25) is 0 Å². The van der Waals surface area contributed by atoms with Gasteiger partial charge < -0.3 is 4.90 Å². The predicted octanol–water partition coefficient (Wildman–Crippen LogP) is 1.31. The van der Waals surface area contributed by atoms with Crippen molar-refractivity contribution in [3.63, 3.8) is 0 Å². The van der Waals surface area contributed by atoms with Gasteiger partial charge in [0.05, 0.1) is 11.5 Å². The fraction of sp³-hybridized carbons (Fsp3) is 1.00. The van der Waals surface area contributed by atoms with E-state index >= 15 is 0 Å². The van der Waals surface area contributed by atoms with Crippen LogP contribution in [0.25, 0.3) is 0 Å². The minimum Gasteiger partial charge on any atom is -0.301 e. The maximum absolute atomic E-state index is 11.3. The van der Waals surface area contributed by atoms with Gasteiger partial charge in [-0.3, -0.25) is 0 Å². The highest BCUT2D eigenvalue weighted by Gasteiger charge is 2.28. The SMILES string of the molecule is CC(C)(C)C(CS)CN1CCS(=O)(=O)CC1. The summed E-state index contributed by atoms with van der Waals surface area (Å²) in [4.78, 5) is 2.26. The second kappa shape index (κ2) is 5.27. The quantitative estimate of drug-likeness (QED) is 0.782. The van der Waals surface area contributed by atoms with Crippen molar-refractivity contribution >= 4 is 22.5 Å². The van der Waals surface area contributed by atoms with Gasteiger partial charge in [0.2, 0.25) is 0 Å². The Hall–Kier alpha value is 0.260. The first-order chi connectivity index (χ1) is 7.24. The third kappa shape index (κ3) is 4.26. The summed E-state index contributed by atoms with van der Waals surface area (Å²) in [5.74, 6) is 2.00. The lowest BCUT2D eigenvalue weighted by Gasteiger charge is -2.36. The van der Waals surface area contributed by atoms with Crippen molar-refractivity contribution in [1.29, 1.82) is 0 Å². The molecule has 1 aliphatic rings. The molecule has 1 saturated heterocycles. The van der Waals surface area contributed by atoms with Crippen LogP contribution in [0.3, 0.4) is 0 Å². The van der Waals surface area contributed by atoms with Crippen LogP contribution in [-0.2, 0) is 9.84 Å². The Labute approximate surface area is 105 Å². The van der Waals surface area contributed by atoms with E-state index in [0.29, 0.717) is 30.5 Å². The standard InChI is InChI=1S/C11H23NO2S2/c1-11(2,3)10(9-15)8-12-4-6-16(13,14)7-5-12/h10,15H,4-9H2,1-3H3. The smallest absolute Gasteiger partial charge is 0.152 e. The van der Waals surface area contributed by atoms with Crippen LogP contribution in [0, 0.1) is 11.3 Å². The summed E-state index contributed by atoms with van der Waals surface area (Å²) in [5, 5.41) is 0. The molecule has 0 amide bonds. The third-order valence-electron chi connectivity index (χ3n) is 3.36. The molecule has 1 aliphatic heterocycles. The highest BCUT2D eigenvalue weighted by molar-refractivity contribution is 7.91. The summed E-state index contributed by atoms with van der Waals surface area (Å²) in [7, 11) is -2.75. The summed E-state index contributed by atoms with van der Waals surface area (Å²) < 4.78 is 22.6. The molecule has 1 heterocycles. The van der Waals surface area contributed by atoms with Crippen LogP contribution in [0.5, 0.6) is 0 Å². The first-order valence-electron chi connectivity index (χ1n) is 5.78. The monoisotopic (exact) mass is 265 g/mol. The van der Waals surface area contributed by atoms with E-state index < -0.39 is 9.84 Å². The molecule has 0 N–H and O–H groups in total. The molecule has 1 unspecified atom stereocenters. The fourth-order valence-electron chi connectivity index (χ4n) is 1.85. The van der Waals surface area contributed by atoms with E-state index in [1.165, 1.54) is 0 Å². The largest absolute Gasteiger partial charge is 0.301 e. The Morgan fingerprint density at radius 1 is 1.25 bits per heavy atom. The van der Waals surface area contributed by atoms with Gasteiger partial charge >= 0.3 is 0 Å². The Morgan fingerprint density at radius 2 is 1.75 bits per heavy atom. The van der Waals surface area contributed by atoms with Gasteiger partial charge in [-0.2, -0.15) is 12.6 Å². The van der Waals surface area contributed by atoms with Crippen molar-refractivity contribution in [3.8, 4) is 0 Å². The molecule has 0 spiro atoms. The summed E-state index contributed by atoms with van der Waals surface area (Å²) in [6, 6.07) is 0. The van der Waals surface area contributed by atoms with Crippen LogP contribution in [0.15, 0.2) is 0 Å². The number of nitrogens with zero attached hydrogens (tertiary/aromatic N) is 1. The van der Waals surface area contributed by atoms with Crippen molar-refractivity contribution in [2.45, 2.75) is 20.8 Å². The number of hydrogen-bond donors (Lipinski definition) is 1. The highest BCUT2D eigenvalue weighted by atomic mass is 32.2. The third-order valence-corrected chi connectivity index (χ3v) is 5.41. The maximum Gasteiger partial charge on any atom is 0.152 e. The highest BCUT2D eigenvalue weighted by Crippen LogP contribution is 2.28. The van der Waals surface area contributed by atoms with Gasteiger partial charge in [-0.1, -0.05) is 20.8 Å². The minimum absolute atomic E-state index is 0.234. The first-order valence-corrected chi connectivity index (χ1v) is 8.23. The zero-order valence-corrected chi connectivity index (χ0v) is 12.2. The predicted molar refractivity (Wildman–Crippen MR) is 71.9 cm³/mol. The zero-order chi connectivity index (χ0) is 12.4. The number of sulfone groups is 1. The van der Waals surface area contributed by atoms with E-state index in [4.69, 9.17) is 0 Å². The molecule has 0 radical (unpaired) electrons. The molecule has 1 rings (SSSR count). The fourth-order valence-corrected chi connectivity index (χ4v) is 3.79. The summed E-state index contributed by atoms with van der Waals surface area (Å²) >= 11 is 4.40. The van der Waals surface area contributed by atoms with Crippen molar-refractivity contribution < 1.29 is 8.42 Å². The maximum atomic E-state index is 11.3. The molecule has 0 aromatic heterocycles. The van der Waals surface area contributed by atoms with Crippen molar-refractivity contribution in [2.24, 2.45) is 11.3 Å². The summed E-state index contributed by atoms with van der Waals surface area (Å²) in [6.07, 6.45) is 0. The Morgan fingerprint density at radius 3 is 2.12 bits per heavy atom. The molecule has 0 aliphatic carbocycles. The molecule has 1 atom stereocenters. The lowest BCUT2D eigenvalue weighted by molar-refractivity contribution is 0.173. The molecule has 0 aromatic rings. The second-order valence-electron chi connectivity index (χ2n) is 5.70. The molecule has 0 saturated carbocycles. The van der Waals surface area contributed by atoms with Crippen LogP contribution in [-0.4, -0.2) is 50.2 Å². The van der Waals surface area contributed by atoms with E-state index in [2.05, 4.69) is 38.3 Å². The van der Waals surface area contributed by atoms with Crippen LogP contribution in [0.1, 0.15) is 20.8 Å². The van der Waals surface area contributed by atoms with Gasteiger partial charge in [0.25, 0.3) is 0 Å². The Balaban J connectivity index is 2.50. The van der Waals surface area contributed by atoms with E-state index in [1.807, 2.05) is 0 Å². The summed E-state index contributed by atoms with van der Waals surface area (Å²) in [5.41, 5.74) is 0.234. The average Bonchev–Trinajstić information content (AvgIpc) is 2.14. The molecule has 1 fully saturated rings. The molecule has 3 nitrogen and oxygen atoms in total. The van der Waals surface area contributed by atoms with E-state index in [1.54, 1.807) is 0 Å². The average molecular weight is 265 g/mol. The van der Waals surface area contributed by atoms with Gasteiger partial charge in [-0.25, -0.2) is 8.42 Å². The molecule has 96 valence electrons. The van der Waals surface area contributed by atoms with Crippen molar-refractivity contribution in [3.05, 3.63) is 0 Å². The minimum atomic E-state index is -2.75. The van der Waals surface area contributed by atoms with E-state index in [9.17, 15) is 8.42 Å². The Kier molecular flexibility index (Phi) is 4.72. The molecule has 16 heavy (non-hydrogen) atoms. The van der Waals surface area contributed by atoms with Gasteiger partial charge in [0, 0.05) is 19.6 Å². The van der Waals surface area contributed by atoms with Gasteiger partial charge in [-0.15, -0.1) is 0 Å². The van der Waals surface area contributed by atoms with Crippen LogP contribution < -0.4 is 0 Å². The first kappa shape index (κ1) is 14.3. The van der Waals surface area contributed by atoms with Crippen molar-refractivity contribution in [2.75, 3.05) is 36.9 Å². The van der Waals surface area contributed by atoms with Gasteiger partial charge in [-0.05, 0) is 17.1 Å². The molecular formula is C11H23NO2S2. The van der Waals surface area contributed by atoms with Crippen LogP contribution >= 0.6 is 12.6 Å².